The molecule has 1 N–H and O–H groups in total. The molecule has 0 fully saturated rings. The Morgan fingerprint density at radius 1 is 1.24 bits per heavy atom. The lowest BCUT2D eigenvalue weighted by Crippen LogP contribution is -2.14. The molecule has 0 radical (unpaired) electrons. The highest BCUT2D eigenvalue weighted by Gasteiger charge is 2.28. The van der Waals surface area contributed by atoms with Gasteiger partial charge in [0, 0.05) is 25.0 Å². The summed E-state index contributed by atoms with van der Waals surface area (Å²) < 4.78 is 11.4. The first kappa shape index (κ1) is 12.2. The molecule has 0 amide bonds. The standard InChI is InChI=1S/C14H20O3/c1-8-9(2)14-12(10(3)13(8)16-4)7-11(17-14)5-6-15/h11,15H,5-7H2,1-4H3. The minimum atomic E-state index is 0.110. The van der Waals surface area contributed by atoms with Gasteiger partial charge in [0.25, 0.3) is 0 Å². The predicted molar refractivity (Wildman–Crippen MR) is 67.0 cm³/mol. The van der Waals surface area contributed by atoms with Crippen molar-refractivity contribution in [2.75, 3.05) is 13.7 Å². The van der Waals surface area contributed by atoms with Gasteiger partial charge in [-0.15, -0.1) is 0 Å². The Kier molecular flexibility index (Phi) is 3.29. The third-order valence-corrected chi connectivity index (χ3v) is 3.68. The molecule has 0 aromatic heterocycles. The van der Waals surface area contributed by atoms with E-state index in [9.17, 15) is 0 Å². The van der Waals surface area contributed by atoms with Crippen LogP contribution in [0.15, 0.2) is 0 Å². The Labute approximate surface area is 102 Å². The molecule has 1 atom stereocenters. The van der Waals surface area contributed by atoms with Crippen molar-refractivity contribution in [3.05, 3.63) is 22.3 Å². The van der Waals surface area contributed by atoms with Gasteiger partial charge in [0.05, 0.1) is 7.11 Å². The van der Waals surface area contributed by atoms with E-state index >= 15 is 0 Å². The Bertz CT molecular complexity index is 438. The average Bonchev–Trinajstić information content (AvgIpc) is 2.72. The third kappa shape index (κ3) is 1.89. The van der Waals surface area contributed by atoms with E-state index in [-0.39, 0.29) is 12.7 Å². The molecule has 0 saturated carbocycles. The molecule has 0 saturated heterocycles. The molecule has 0 bridgehead atoms. The summed E-state index contributed by atoms with van der Waals surface area (Å²) in [5, 5.41) is 8.99. The molecule has 94 valence electrons. The molecule has 1 aliphatic rings. The third-order valence-electron chi connectivity index (χ3n) is 3.68. The SMILES string of the molecule is COc1c(C)c(C)c2c(c1C)CC(CCO)O2. The zero-order valence-corrected chi connectivity index (χ0v) is 11.0. The molecule has 1 unspecified atom stereocenters. The van der Waals surface area contributed by atoms with Gasteiger partial charge in [-0.1, -0.05) is 0 Å². The van der Waals surface area contributed by atoms with Crippen LogP contribution in [0.1, 0.15) is 28.7 Å². The lowest BCUT2D eigenvalue weighted by molar-refractivity contribution is 0.174. The van der Waals surface area contributed by atoms with Crippen LogP contribution in [-0.2, 0) is 6.42 Å². The quantitative estimate of drug-likeness (QED) is 0.875. The summed E-state index contributed by atoms with van der Waals surface area (Å²) in [6.07, 6.45) is 1.67. The number of aliphatic hydroxyl groups is 1. The Morgan fingerprint density at radius 2 is 1.94 bits per heavy atom. The lowest BCUT2D eigenvalue weighted by atomic mass is 9.95. The first-order valence-electron chi connectivity index (χ1n) is 6.04. The monoisotopic (exact) mass is 236 g/mol. The summed E-state index contributed by atoms with van der Waals surface area (Å²) in [7, 11) is 1.71. The van der Waals surface area contributed by atoms with E-state index in [2.05, 4.69) is 20.8 Å². The maximum absolute atomic E-state index is 8.99. The smallest absolute Gasteiger partial charge is 0.126 e. The molecular weight excluding hydrogens is 216 g/mol. The second kappa shape index (κ2) is 4.57. The van der Waals surface area contributed by atoms with Crippen LogP contribution in [0, 0.1) is 20.8 Å². The number of ether oxygens (including phenoxy) is 2. The number of fused-ring (bicyclic) bond motifs is 1. The topological polar surface area (TPSA) is 38.7 Å². The molecular formula is C14H20O3. The summed E-state index contributed by atoms with van der Waals surface area (Å²) in [4.78, 5) is 0. The van der Waals surface area contributed by atoms with Crippen molar-refractivity contribution in [1.29, 1.82) is 0 Å². The van der Waals surface area contributed by atoms with Gasteiger partial charge in [-0.3, -0.25) is 0 Å². The van der Waals surface area contributed by atoms with Gasteiger partial charge < -0.3 is 14.6 Å². The molecule has 17 heavy (non-hydrogen) atoms. The molecule has 0 aliphatic carbocycles. The minimum absolute atomic E-state index is 0.110. The van der Waals surface area contributed by atoms with E-state index in [0.29, 0.717) is 6.42 Å². The highest BCUT2D eigenvalue weighted by Crippen LogP contribution is 2.42. The van der Waals surface area contributed by atoms with Gasteiger partial charge in [-0.25, -0.2) is 0 Å². The zero-order valence-electron chi connectivity index (χ0n) is 11.0. The normalized spacial score (nSPS) is 17.8. The van der Waals surface area contributed by atoms with Crippen LogP contribution in [0.25, 0.3) is 0 Å². The maximum atomic E-state index is 8.99. The fourth-order valence-electron chi connectivity index (χ4n) is 2.61. The summed E-state index contributed by atoms with van der Waals surface area (Å²) >= 11 is 0. The van der Waals surface area contributed by atoms with E-state index in [1.807, 2.05) is 0 Å². The van der Waals surface area contributed by atoms with E-state index in [4.69, 9.17) is 14.6 Å². The molecule has 2 rings (SSSR count). The molecule has 0 spiro atoms. The second-order valence-corrected chi connectivity index (χ2v) is 4.67. The van der Waals surface area contributed by atoms with Gasteiger partial charge >= 0.3 is 0 Å². The number of aliphatic hydroxyl groups excluding tert-OH is 1. The molecule has 3 nitrogen and oxygen atoms in total. The van der Waals surface area contributed by atoms with Crippen LogP contribution >= 0.6 is 0 Å². The molecule has 1 heterocycles. The van der Waals surface area contributed by atoms with Crippen LogP contribution in [0.5, 0.6) is 11.5 Å². The zero-order chi connectivity index (χ0) is 12.6. The van der Waals surface area contributed by atoms with Gasteiger partial charge in [0.2, 0.25) is 0 Å². The van der Waals surface area contributed by atoms with E-state index in [0.717, 1.165) is 29.0 Å². The lowest BCUT2D eigenvalue weighted by Gasteiger charge is -2.15. The van der Waals surface area contributed by atoms with Gasteiger partial charge in [-0.2, -0.15) is 0 Å². The predicted octanol–water partition coefficient (Wildman–Crippen LogP) is 2.31. The first-order valence-corrected chi connectivity index (χ1v) is 6.04. The summed E-state index contributed by atoms with van der Waals surface area (Å²) in [5.74, 6) is 1.97. The van der Waals surface area contributed by atoms with Crippen molar-refractivity contribution in [2.24, 2.45) is 0 Å². The van der Waals surface area contributed by atoms with E-state index < -0.39 is 0 Å². The highest BCUT2D eigenvalue weighted by molar-refractivity contribution is 5.59. The highest BCUT2D eigenvalue weighted by atomic mass is 16.5. The van der Waals surface area contributed by atoms with Gasteiger partial charge in [-0.05, 0) is 37.5 Å². The van der Waals surface area contributed by atoms with Crippen molar-refractivity contribution in [3.63, 3.8) is 0 Å². The van der Waals surface area contributed by atoms with Crippen molar-refractivity contribution in [2.45, 2.75) is 39.7 Å². The van der Waals surface area contributed by atoms with Crippen molar-refractivity contribution in [1.82, 2.24) is 0 Å². The molecule has 1 aromatic rings. The van der Waals surface area contributed by atoms with Crippen LogP contribution in [0.2, 0.25) is 0 Å². The Morgan fingerprint density at radius 3 is 2.53 bits per heavy atom. The minimum Gasteiger partial charge on any atom is -0.496 e. The first-order chi connectivity index (χ1) is 8.10. The van der Waals surface area contributed by atoms with Crippen LogP contribution in [0.4, 0.5) is 0 Å². The summed E-state index contributed by atoms with van der Waals surface area (Å²) in [6.45, 7) is 6.38. The Hall–Kier alpha value is -1.22. The molecule has 3 heteroatoms. The van der Waals surface area contributed by atoms with Crippen LogP contribution in [0.3, 0.4) is 0 Å². The van der Waals surface area contributed by atoms with Crippen LogP contribution < -0.4 is 9.47 Å². The molecule has 1 aliphatic heterocycles. The van der Waals surface area contributed by atoms with Crippen molar-refractivity contribution in [3.8, 4) is 11.5 Å². The fourth-order valence-corrected chi connectivity index (χ4v) is 2.61. The number of benzene rings is 1. The van der Waals surface area contributed by atoms with Crippen molar-refractivity contribution >= 4 is 0 Å². The van der Waals surface area contributed by atoms with Crippen molar-refractivity contribution < 1.29 is 14.6 Å². The maximum Gasteiger partial charge on any atom is 0.126 e. The number of rotatable bonds is 3. The van der Waals surface area contributed by atoms with Gasteiger partial charge in [0.15, 0.2) is 0 Å². The van der Waals surface area contributed by atoms with E-state index in [1.54, 1.807) is 7.11 Å². The second-order valence-electron chi connectivity index (χ2n) is 4.67. The summed E-state index contributed by atoms with van der Waals surface area (Å²) in [5.41, 5.74) is 4.71. The number of methoxy groups -OCH3 is 1. The van der Waals surface area contributed by atoms with E-state index in [1.165, 1.54) is 11.1 Å². The van der Waals surface area contributed by atoms with Gasteiger partial charge in [0.1, 0.15) is 17.6 Å². The summed E-state index contributed by atoms with van der Waals surface area (Å²) in [6, 6.07) is 0. The average molecular weight is 236 g/mol. The number of hydrogen-bond donors (Lipinski definition) is 1. The largest absolute Gasteiger partial charge is 0.496 e. The Balaban J connectivity index is 2.47. The number of hydrogen-bond acceptors (Lipinski definition) is 3. The molecule has 1 aromatic carbocycles. The fraction of sp³-hybridized carbons (Fsp3) is 0.571. The van der Waals surface area contributed by atoms with Crippen LogP contribution in [-0.4, -0.2) is 24.9 Å².